The highest BCUT2D eigenvalue weighted by Gasteiger charge is 2.45. The van der Waals surface area contributed by atoms with Crippen LogP contribution in [0.4, 0.5) is 5.82 Å². The number of nitrogen functional groups attached to an aromatic ring is 1. The summed E-state index contributed by atoms with van der Waals surface area (Å²) in [6, 6.07) is 2.38. The van der Waals surface area contributed by atoms with E-state index in [1.54, 1.807) is 6.07 Å². The van der Waals surface area contributed by atoms with Gasteiger partial charge < -0.3 is 56.6 Å². The molecule has 0 spiro atoms. The molecule has 1 saturated heterocycles. The van der Waals surface area contributed by atoms with Crippen LogP contribution in [0, 0.1) is 0 Å². The van der Waals surface area contributed by atoms with E-state index >= 15 is 0 Å². The van der Waals surface area contributed by atoms with Crippen molar-refractivity contribution in [3.05, 3.63) is 31.1 Å². The minimum atomic E-state index is -4.72. The van der Waals surface area contributed by atoms with Crippen LogP contribution in [-0.2, 0) is 18.6 Å². The molecule has 0 saturated carbocycles. The summed E-state index contributed by atoms with van der Waals surface area (Å²) < 4.78 is 26.2. The minimum absolute atomic E-state index is 0.0324. The van der Waals surface area contributed by atoms with Crippen molar-refractivity contribution in [1.82, 2.24) is 19.5 Å². The van der Waals surface area contributed by atoms with Crippen molar-refractivity contribution in [2.45, 2.75) is 49.8 Å². The molecule has 4 heterocycles. The zero-order chi connectivity index (χ0) is 29.2. The van der Waals surface area contributed by atoms with Crippen molar-refractivity contribution in [2.24, 2.45) is 11.5 Å². The fraction of sp³-hybridized carbons (Fsp3) is 0.500. The number of nitrogens with two attached hydrogens (primary N) is 3. The quantitative estimate of drug-likeness (QED) is 0.105. The number of furan rings is 1. The average molecular weight is 577 g/mol. The van der Waals surface area contributed by atoms with Gasteiger partial charge in [0.25, 0.3) is 5.95 Å². The molecule has 4 rings (SSSR count). The first-order valence-corrected chi connectivity index (χ1v) is 12.9. The molecule has 39 heavy (non-hydrogen) atoms. The van der Waals surface area contributed by atoms with E-state index in [1.807, 2.05) is 0 Å². The summed E-state index contributed by atoms with van der Waals surface area (Å²) in [6.45, 7) is 0.00902. The summed E-state index contributed by atoms with van der Waals surface area (Å²) >= 11 is 0. The summed E-state index contributed by atoms with van der Waals surface area (Å²) in [5, 5.41) is 36.7. The van der Waals surface area contributed by atoms with Crippen LogP contribution in [0.2, 0.25) is 0 Å². The van der Waals surface area contributed by atoms with E-state index in [0.717, 1.165) is 12.8 Å². The first-order chi connectivity index (χ1) is 18.4. The number of aliphatic hydroxyl groups is 2. The molecule has 5 atom stereocenters. The smallest absolute Gasteiger partial charge is 0.469 e. The number of rotatable bonds is 9. The number of phosphoric acid groups is 1. The number of aliphatic carboxylic acids is 1. The Morgan fingerprint density at radius 3 is 2.46 bits per heavy atom. The average Bonchev–Trinajstić information content (AvgIpc) is 3.59. The number of imidazole rings is 1. The van der Waals surface area contributed by atoms with Gasteiger partial charge in [0, 0.05) is 6.07 Å². The Hall–Kier alpha value is -3.19. The number of phosphoric ester groups is 1. The van der Waals surface area contributed by atoms with Gasteiger partial charge in [0.2, 0.25) is 0 Å². The number of carboxylic acids is 1. The van der Waals surface area contributed by atoms with Gasteiger partial charge in [0.15, 0.2) is 17.7 Å². The lowest BCUT2D eigenvalue weighted by Crippen LogP contribution is -2.33. The fourth-order valence-electron chi connectivity index (χ4n) is 3.23. The van der Waals surface area contributed by atoms with Gasteiger partial charge in [-0.05, 0) is 25.5 Å². The van der Waals surface area contributed by atoms with E-state index in [4.69, 9.17) is 41.9 Å². The molecule has 0 radical (unpaired) electrons. The van der Waals surface area contributed by atoms with Gasteiger partial charge in [-0.25, -0.2) is 19.5 Å². The molecule has 3 aromatic heterocycles. The lowest BCUT2D eigenvalue weighted by Gasteiger charge is -2.16. The number of aromatic nitrogens is 4. The van der Waals surface area contributed by atoms with E-state index in [0.29, 0.717) is 18.5 Å². The Morgan fingerprint density at radius 1 is 1.21 bits per heavy atom. The van der Waals surface area contributed by atoms with Gasteiger partial charge in [-0.1, -0.05) is 6.42 Å². The Bertz CT molecular complexity index is 1210. The normalized spacial score (nSPS) is 21.5. The second kappa shape index (κ2) is 14.8. The maximum atomic E-state index is 10.7. The molecule has 19 heteroatoms. The number of carbonyl (C=O) groups is 1. The van der Waals surface area contributed by atoms with Crippen molar-refractivity contribution in [3.8, 4) is 5.95 Å². The SMILES string of the molecule is NCCCC[C@H](N)C(=O)O.Nc1ncnc2c1ncn2[C@@H]1O[C@H](COP(=O)(O)O)[C@@H](O)[C@H]1O.Oc1ccco1. The lowest BCUT2D eigenvalue weighted by atomic mass is 10.1. The summed E-state index contributed by atoms with van der Waals surface area (Å²) in [6.07, 6.45) is 1.09. The predicted octanol–water partition coefficient (Wildman–Crippen LogP) is -1.35. The zero-order valence-corrected chi connectivity index (χ0v) is 21.4. The first kappa shape index (κ1) is 32.0. The molecule has 1 aliphatic rings. The van der Waals surface area contributed by atoms with Crippen LogP contribution in [0.3, 0.4) is 0 Å². The molecule has 218 valence electrons. The Balaban J connectivity index is 0.000000274. The Labute approximate surface area is 221 Å². The third-order valence-corrected chi connectivity index (χ3v) is 5.68. The molecule has 0 aliphatic carbocycles. The molecule has 1 aliphatic heterocycles. The van der Waals surface area contributed by atoms with Gasteiger partial charge in [-0.15, -0.1) is 0 Å². The Kier molecular flexibility index (Phi) is 12.2. The van der Waals surface area contributed by atoms with Crippen LogP contribution < -0.4 is 17.2 Å². The molecule has 0 aromatic carbocycles. The Morgan fingerprint density at radius 2 is 1.92 bits per heavy atom. The van der Waals surface area contributed by atoms with Crippen LogP contribution >= 0.6 is 7.82 Å². The van der Waals surface area contributed by atoms with Crippen molar-refractivity contribution < 1.29 is 53.3 Å². The molecule has 3 aromatic rings. The molecule has 18 nitrogen and oxygen atoms in total. The second-order valence-corrected chi connectivity index (χ2v) is 9.34. The number of nitrogens with zero attached hydrogens (tertiary/aromatic N) is 4. The molecular formula is C20H32N7O11P. The molecule has 1 fully saturated rings. The van der Waals surface area contributed by atoms with Gasteiger partial charge in [-0.2, -0.15) is 0 Å². The van der Waals surface area contributed by atoms with Crippen molar-refractivity contribution >= 4 is 30.8 Å². The summed E-state index contributed by atoms with van der Waals surface area (Å²) in [4.78, 5) is 39.3. The van der Waals surface area contributed by atoms with Crippen molar-refractivity contribution in [1.29, 1.82) is 0 Å². The molecule has 0 amide bonds. The number of carboxylic acid groups (broad SMARTS) is 1. The number of aliphatic hydroxyl groups excluding tert-OH is 2. The van der Waals surface area contributed by atoms with Crippen LogP contribution in [0.25, 0.3) is 11.2 Å². The first-order valence-electron chi connectivity index (χ1n) is 11.4. The maximum absolute atomic E-state index is 10.7. The topological polar surface area (TPSA) is 309 Å². The van der Waals surface area contributed by atoms with Crippen LogP contribution in [0.15, 0.2) is 35.5 Å². The minimum Gasteiger partial charge on any atom is -0.481 e. The third kappa shape index (κ3) is 9.81. The van der Waals surface area contributed by atoms with Crippen LogP contribution in [-0.4, -0.2) is 93.2 Å². The standard InChI is InChI=1S/C10H14N5O7P.C6H14N2O2.C4H4O2/c11-8-5-9(13-2-12-8)15(3-14-5)10-7(17)6(16)4(22-10)1-21-23(18,19)20;7-4-2-1-3-5(8)6(9)10;5-4-2-1-3-6-4/h2-4,6-7,10,16-17H,1H2,(H2,11,12,13)(H2,18,19,20);5H,1-4,7-8H2,(H,9,10);1-3,5H/t4-,6-,7-,10-;5-;/m10./s1. The molecular weight excluding hydrogens is 545 g/mol. The number of ether oxygens (including phenoxy) is 1. The van der Waals surface area contributed by atoms with Crippen molar-refractivity contribution in [2.75, 3.05) is 18.9 Å². The third-order valence-electron chi connectivity index (χ3n) is 5.20. The maximum Gasteiger partial charge on any atom is 0.469 e. The lowest BCUT2D eigenvalue weighted by molar-refractivity contribution is -0.138. The number of anilines is 1. The number of aromatic hydroxyl groups is 1. The number of hydrogen-bond acceptors (Lipinski definition) is 14. The molecule has 0 bridgehead atoms. The van der Waals surface area contributed by atoms with E-state index in [9.17, 15) is 19.6 Å². The highest BCUT2D eigenvalue weighted by Crippen LogP contribution is 2.38. The molecule has 0 unspecified atom stereocenters. The summed E-state index contributed by atoms with van der Waals surface area (Å²) in [5.41, 5.74) is 16.7. The monoisotopic (exact) mass is 577 g/mol. The van der Waals surface area contributed by atoms with E-state index in [1.165, 1.54) is 29.6 Å². The highest BCUT2D eigenvalue weighted by molar-refractivity contribution is 7.46. The summed E-state index contributed by atoms with van der Waals surface area (Å²) in [7, 11) is -4.72. The van der Waals surface area contributed by atoms with Gasteiger partial charge >= 0.3 is 13.8 Å². The van der Waals surface area contributed by atoms with Crippen LogP contribution in [0.1, 0.15) is 25.5 Å². The number of unbranched alkanes of at least 4 members (excludes halogenated alkanes) is 1. The summed E-state index contributed by atoms with van der Waals surface area (Å²) in [5.74, 6) is -0.824. The van der Waals surface area contributed by atoms with Crippen LogP contribution in [0.5, 0.6) is 5.95 Å². The van der Waals surface area contributed by atoms with Gasteiger partial charge in [-0.3, -0.25) is 13.9 Å². The number of fused-ring (bicyclic) bond motifs is 1. The molecule has 12 N–H and O–H groups in total. The van der Waals surface area contributed by atoms with Crippen molar-refractivity contribution in [3.63, 3.8) is 0 Å². The van der Waals surface area contributed by atoms with E-state index in [2.05, 4.69) is 23.9 Å². The number of hydrogen-bond donors (Lipinski definition) is 9. The second-order valence-electron chi connectivity index (χ2n) is 8.10. The zero-order valence-electron chi connectivity index (χ0n) is 20.5. The van der Waals surface area contributed by atoms with E-state index in [-0.39, 0.29) is 17.4 Å². The predicted molar refractivity (Wildman–Crippen MR) is 133 cm³/mol. The van der Waals surface area contributed by atoms with Gasteiger partial charge in [0.1, 0.15) is 36.2 Å². The van der Waals surface area contributed by atoms with E-state index < -0.39 is 51.0 Å². The largest absolute Gasteiger partial charge is 0.481 e. The fourth-order valence-corrected chi connectivity index (χ4v) is 3.57. The highest BCUT2D eigenvalue weighted by atomic mass is 31.2. The van der Waals surface area contributed by atoms with Gasteiger partial charge in [0.05, 0.1) is 19.2 Å².